The van der Waals surface area contributed by atoms with Gasteiger partial charge in [-0.05, 0) is 56.0 Å². The molecule has 4 rings (SSSR count). The Morgan fingerprint density at radius 1 is 1.03 bits per heavy atom. The molecule has 1 aliphatic rings. The van der Waals surface area contributed by atoms with Crippen LogP contribution < -0.4 is 15.5 Å². The summed E-state index contributed by atoms with van der Waals surface area (Å²) in [5, 5.41) is 27.5. The first kappa shape index (κ1) is 28.6. The van der Waals surface area contributed by atoms with Gasteiger partial charge in [-0.1, -0.05) is 60.9 Å². The lowest BCUT2D eigenvalue weighted by Gasteiger charge is -2.22. The van der Waals surface area contributed by atoms with E-state index < -0.39 is 6.10 Å². The van der Waals surface area contributed by atoms with Crippen molar-refractivity contribution in [2.24, 2.45) is 0 Å². The van der Waals surface area contributed by atoms with Crippen LogP contribution in [0.2, 0.25) is 0 Å². The molecule has 188 valence electrons. The Morgan fingerprint density at radius 3 is 2.47 bits per heavy atom. The van der Waals surface area contributed by atoms with Gasteiger partial charge in [0.25, 0.3) is 0 Å². The zero-order valence-corrected chi connectivity index (χ0v) is 21.7. The van der Waals surface area contributed by atoms with Gasteiger partial charge in [0.2, 0.25) is 0 Å². The molecule has 1 aromatic heterocycles. The predicted molar refractivity (Wildman–Crippen MR) is 145 cm³/mol. The minimum atomic E-state index is -0.748. The van der Waals surface area contributed by atoms with Crippen LogP contribution in [0.3, 0.4) is 0 Å². The lowest BCUT2D eigenvalue weighted by atomic mass is 9.95. The molecule has 1 fully saturated rings. The van der Waals surface area contributed by atoms with Crippen LogP contribution in [0.15, 0.2) is 41.2 Å². The number of phenolic OH excluding ortho intramolecular Hbond substituents is 1. The van der Waals surface area contributed by atoms with Crippen LogP contribution in [0.5, 0.6) is 5.75 Å². The van der Waals surface area contributed by atoms with E-state index in [4.69, 9.17) is 0 Å². The topological polar surface area (TPSA) is 97.4 Å². The fourth-order valence-electron chi connectivity index (χ4n) is 4.55. The number of thiazole rings is 1. The summed E-state index contributed by atoms with van der Waals surface area (Å²) >= 11 is 1.01. The van der Waals surface area contributed by atoms with E-state index in [1.165, 1.54) is 49.3 Å². The van der Waals surface area contributed by atoms with Crippen molar-refractivity contribution in [2.45, 2.75) is 57.1 Å². The van der Waals surface area contributed by atoms with E-state index in [0.717, 1.165) is 37.3 Å². The Bertz CT molecular complexity index is 1080. The van der Waals surface area contributed by atoms with Crippen molar-refractivity contribution in [3.05, 3.63) is 62.8 Å². The molecule has 0 unspecified atom stereocenters. The second-order valence-corrected chi connectivity index (χ2v) is 9.70. The fourth-order valence-corrected chi connectivity index (χ4v) is 5.47. The van der Waals surface area contributed by atoms with E-state index in [2.05, 4.69) is 39.9 Å². The van der Waals surface area contributed by atoms with Crippen molar-refractivity contribution in [3.63, 3.8) is 0 Å². The normalized spacial score (nSPS) is 15.0. The molecule has 9 heteroatoms. The maximum absolute atomic E-state index is 11.7. The molecule has 3 aromatic rings. The maximum Gasteiger partial charge on any atom is 0.305 e. The number of aliphatic hydroxyl groups is 1. The van der Waals surface area contributed by atoms with Crippen LogP contribution in [-0.4, -0.2) is 40.9 Å². The molecular weight excluding hydrogens is 493 g/mol. The van der Waals surface area contributed by atoms with Crippen molar-refractivity contribution in [2.75, 3.05) is 19.6 Å². The van der Waals surface area contributed by atoms with Crippen molar-refractivity contribution >= 4 is 46.4 Å². The Labute approximate surface area is 217 Å². The van der Waals surface area contributed by atoms with E-state index in [9.17, 15) is 15.0 Å². The minimum Gasteiger partial charge on any atom is -0.506 e. The summed E-state index contributed by atoms with van der Waals surface area (Å²) in [4.78, 5) is 14.0. The number of rotatable bonds is 10. The summed E-state index contributed by atoms with van der Waals surface area (Å²) in [6.45, 7) is 2.17. The second-order valence-electron chi connectivity index (χ2n) is 8.72. The number of hydrogen-bond donors (Lipinski definition) is 5. The molecule has 1 saturated carbocycles. The van der Waals surface area contributed by atoms with Crippen LogP contribution in [-0.2, 0) is 12.8 Å². The number of phenols is 1. The zero-order chi connectivity index (χ0) is 22.3. The number of aromatic amines is 1. The highest BCUT2D eigenvalue weighted by molar-refractivity contribution is 7.16. The van der Waals surface area contributed by atoms with Crippen LogP contribution in [0.1, 0.15) is 54.9 Å². The van der Waals surface area contributed by atoms with Gasteiger partial charge in [0.15, 0.2) is 0 Å². The smallest absolute Gasteiger partial charge is 0.305 e. The maximum atomic E-state index is 11.7. The van der Waals surface area contributed by atoms with Gasteiger partial charge in [-0.3, -0.25) is 4.79 Å². The van der Waals surface area contributed by atoms with E-state index in [0.29, 0.717) is 28.4 Å². The SMILES string of the molecule is Cl.Cl.O=c1[nH]c2c(O)ccc([C@@H](O)CNCCc3cccc(CCNC4CCCCC4)c3)c2s1. The standard InChI is InChI=1S/C25H33N3O3S.2ClH/c29-21-10-9-20(24-23(21)28-25(31)32-24)22(30)16-26-13-11-17-5-4-6-18(15-17)12-14-27-19-7-2-1-3-8-19;;/h4-6,9-10,15,19,22,26-27,29-30H,1-3,7-8,11-14,16H2,(H,28,31);2*1H/t22-;;/m0../s1. The van der Waals surface area contributed by atoms with Crippen LogP contribution in [0, 0.1) is 0 Å². The van der Waals surface area contributed by atoms with Crippen LogP contribution >= 0.6 is 36.2 Å². The van der Waals surface area contributed by atoms with Gasteiger partial charge in [0, 0.05) is 18.2 Å². The van der Waals surface area contributed by atoms with Crippen molar-refractivity contribution < 1.29 is 10.2 Å². The Kier molecular flexibility index (Phi) is 11.8. The van der Waals surface area contributed by atoms with Gasteiger partial charge in [0.1, 0.15) is 11.3 Å². The Balaban J connectivity index is 0.00000204. The predicted octanol–water partition coefficient (Wildman–Crippen LogP) is 4.47. The number of fused-ring (bicyclic) bond motifs is 1. The largest absolute Gasteiger partial charge is 0.506 e. The number of nitrogens with one attached hydrogen (secondary N) is 3. The summed E-state index contributed by atoms with van der Waals surface area (Å²) < 4.78 is 0.610. The average molecular weight is 529 g/mol. The third kappa shape index (κ3) is 7.70. The number of aromatic nitrogens is 1. The molecule has 1 aliphatic carbocycles. The minimum absolute atomic E-state index is 0. The number of aromatic hydroxyl groups is 1. The summed E-state index contributed by atoms with van der Waals surface area (Å²) in [7, 11) is 0. The van der Waals surface area contributed by atoms with E-state index in [1.807, 2.05) is 0 Å². The Hall–Kier alpha value is -1.61. The number of benzene rings is 2. The first-order valence-corrected chi connectivity index (χ1v) is 12.5. The van der Waals surface area contributed by atoms with Crippen LogP contribution in [0.25, 0.3) is 10.2 Å². The molecule has 0 amide bonds. The molecule has 6 nitrogen and oxygen atoms in total. The lowest BCUT2D eigenvalue weighted by molar-refractivity contribution is 0.176. The third-order valence-electron chi connectivity index (χ3n) is 6.32. The number of H-pyrrole nitrogens is 1. The molecule has 0 radical (unpaired) electrons. The van der Waals surface area contributed by atoms with Crippen molar-refractivity contribution in [1.29, 1.82) is 0 Å². The molecule has 5 N–H and O–H groups in total. The molecule has 34 heavy (non-hydrogen) atoms. The van der Waals surface area contributed by atoms with E-state index in [1.54, 1.807) is 6.07 Å². The highest BCUT2D eigenvalue weighted by Gasteiger charge is 2.16. The molecular formula is C25H35Cl2N3O3S. The third-order valence-corrected chi connectivity index (χ3v) is 7.25. The molecule has 0 aliphatic heterocycles. The van der Waals surface area contributed by atoms with Gasteiger partial charge in [-0.2, -0.15) is 0 Å². The van der Waals surface area contributed by atoms with Gasteiger partial charge >= 0.3 is 4.87 Å². The van der Waals surface area contributed by atoms with E-state index >= 15 is 0 Å². The van der Waals surface area contributed by atoms with E-state index in [-0.39, 0.29) is 35.4 Å². The second kappa shape index (κ2) is 14.1. The summed E-state index contributed by atoms with van der Waals surface area (Å²) in [5.41, 5.74) is 3.70. The fraction of sp³-hybridized carbons (Fsp3) is 0.480. The first-order valence-electron chi connectivity index (χ1n) is 11.6. The van der Waals surface area contributed by atoms with Crippen molar-refractivity contribution in [3.8, 4) is 5.75 Å². The molecule has 0 spiro atoms. The van der Waals surface area contributed by atoms with Gasteiger partial charge < -0.3 is 25.8 Å². The number of aliphatic hydroxyl groups excluding tert-OH is 1. The number of hydrogen-bond acceptors (Lipinski definition) is 6. The van der Waals surface area contributed by atoms with Crippen LogP contribution in [0.4, 0.5) is 0 Å². The zero-order valence-electron chi connectivity index (χ0n) is 19.2. The summed E-state index contributed by atoms with van der Waals surface area (Å²) in [5.74, 6) is 0.0241. The van der Waals surface area contributed by atoms with Gasteiger partial charge in [0.05, 0.1) is 10.8 Å². The summed E-state index contributed by atoms with van der Waals surface area (Å²) in [6.07, 6.45) is 7.92. The highest BCUT2D eigenvalue weighted by Crippen LogP contribution is 2.31. The molecule has 0 saturated heterocycles. The first-order chi connectivity index (χ1) is 15.6. The molecule has 0 bridgehead atoms. The Morgan fingerprint density at radius 2 is 1.74 bits per heavy atom. The summed E-state index contributed by atoms with van der Waals surface area (Å²) in [6, 6.07) is 12.6. The quantitative estimate of drug-likeness (QED) is 0.250. The molecule has 1 atom stereocenters. The average Bonchev–Trinajstić information content (AvgIpc) is 3.20. The van der Waals surface area contributed by atoms with Gasteiger partial charge in [-0.25, -0.2) is 0 Å². The molecule has 2 aromatic carbocycles. The highest BCUT2D eigenvalue weighted by atomic mass is 35.5. The number of halogens is 2. The molecule has 1 heterocycles. The van der Waals surface area contributed by atoms with Crippen molar-refractivity contribution in [1.82, 2.24) is 15.6 Å². The lowest BCUT2D eigenvalue weighted by Crippen LogP contribution is -2.32. The monoisotopic (exact) mass is 527 g/mol. The van der Waals surface area contributed by atoms with Gasteiger partial charge in [-0.15, -0.1) is 24.8 Å².